The Morgan fingerprint density at radius 3 is 2.46 bits per heavy atom. The Kier molecular flexibility index (Phi) is 5.32. The summed E-state index contributed by atoms with van der Waals surface area (Å²) in [6.07, 6.45) is 0.383. The van der Waals surface area contributed by atoms with Crippen molar-refractivity contribution >= 4 is 22.6 Å². The van der Waals surface area contributed by atoms with Gasteiger partial charge in [0.25, 0.3) is 5.91 Å². The monoisotopic (exact) mass is 347 g/mol. The van der Waals surface area contributed by atoms with Crippen LogP contribution >= 0.6 is 0 Å². The number of ether oxygens (including phenoxy) is 1. The zero-order valence-electron chi connectivity index (χ0n) is 14.9. The summed E-state index contributed by atoms with van der Waals surface area (Å²) in [7, 11) is 1.33. The van der Waals surface area contributed by atoms with Gasteiger partial charge in [-0.25, -0.2) is 4.79 Å². The average molecular weight is 347 g/mol. The van der Waals surface area contributed by atoms with Gasteiger partial charge < -0.3 is 10.1 Å². The van der Waals surface area contributed by atoms with Crippen molar-refractivity contribution in [1.29, 1.82) is 0 Å². The molecule has 0 radical (unpaired) electrons. The lowest BCUT2D eigenvalue weighted by atomic mass is 10.0. The van der Waals surface area contributed by atoms with Crippen LogP contribution in [0.25, 0.3) is 10.8 Å². The number of carbonyl (C=O) groups excluding carboxylic acids is 2. The summed E-state index contributed by atoms with van der Waals surface area (Å²) in [5.41, 5.74) is 2.59. The zero-order valence-corrected chi connectivity index (χ0v) is 14.9. The van der Waals surface area contributed by atoms with Crippen molar-refractivity contribution in [2.24, 2.45) is 0 Å². The highest BCUT2D eigenvalue weighted by Crippen LogP contribution is 2.16. The molecule has 1 N–H and O–H groups in total. The second kappa shape index (κ2) is 7.83. The van der Waals surface area contributed by atoms with E-state index in [2.05, 4.69) is 5.32 Å². The van der Waals surface area contributed by atoms with E-state index in [0.29, 0.717) is 12.0 Å². The SMILES string of the molecule is COC(=O)[C@H](Cc1cccc(C)c1)NC(=O)c1ccc2ccccc2c1. The maximum absolute atomic E-state index is 12.7. The van der Waals surface area contributed by atoms with Gasteiger partial charge in [-0.05, 0) is 35.4 Å². The molecule has 3 aromatic rings. The minimum atomic E-state index is -0.735. The first-order chi connectivity index (χ1) is 12.6. The number of aryl methyl sites for hydroxylation is 1. The fourth-order valence-corrected chi connectivity index (χ4v) is 2.98. The van der Waals surface area contributed by atoms with E-state index in [4.69, 9.17) is 4.74 Å². The summed E-state index contributed by atoms with van der Waals surface area (Å²) in [6.45, 7) is 1.99. The third-order valence-electron chi connectivity index (χ3n) is 4.32. The van der Waals surface area contributed by atoms with Crippen LogP contribution in [0.15, 0.2) is 66.7 Å². The number of nitrogens with one attached hydrogen (secondary N) is 1. The first-order valence-corrected chi connectivity index (χ1v) is 8.50. The van der Waals surface area contributed by atoms with Crippen LogP contribution in [0.1, 0.15) is 21.5 Å². The third kappa shape index (κ3) is 4.09. The van der Waals surface area contributed by atoms with E-state index in [1.807, 2.05) is 67.6 Å². The first kappa shape index (κ1) is 17.7. The van der Waals surface area contributed by atoms with Gasteiger partial charge in [-0.3, -0.25) is 4.79 Å². The van der Waals surface area contributed by atoms with Gasteiger partial charge in [0.1, 0.15) is 6.04 Å². The summed E-state index contributed by atoms with van der Waals surface area (Å²) < 4.78 is 4.87. The Balaban J connectivity index is 1.80. The smallest absolute Gasteiger partial charge is 0.328 e. The van der Waals surface area contributed by atoms with Crippen molar-refractivity contribution in [3.05, 3.63) is 83.4 Å². The highest BCUT2D eigenvalue weighted by molar-refractivity contribution is 6.00. The molecule has 0 saturated carbocycles. The van der Waals surface area contributed by atoms with E-state index in [0.717, 1.165) is 21.9 Å². The Hall–Kier alpha value is -3.14. The maximum atomic E-state index is 12.7. The molecule has 0 aliphatic carbocycles. The molecule has 0 unspecified atom stereocenters. The Labute approximate surface area is 152 Å². The van der Waals surface area contributed by atoms with Crippen molar-refractivity contribution in [3.8, 4) is 0 Å². The number of carbonyl (C=O) groups is 2. The van der Waals surface area contributed by atoms with Crippen molar-refractivity contribution in [1.82, 2.24) is 5.32 Å². The minimum absolute atomic E-state index is 0.293. The minimum Gasteiger partial charge on any atom is -0.467 e. The first-order valence-electron chi connectivity index (χ1n) is 8.50. The van der Waals surface area contributed by atoms with E-state index >= 15 is 0 Å². The lowest BCUT2D eigenvalue weighted by Gasteiger charge is -2.17. The summed E-state index contributed by atoms with van der Waals surface area (Å²) >= 11 is 0. The third-order valence-corrected chi connectivity index (χ3v) is 4.32. The van der Waals surface area contributed by atoms with Crippen LogP contribution in [0.3, 0.4) is 0 Å². The van der Waals surface area contributed by atoms with Gasteiger partial charge in [-0.2, -0.15) is 0 Å². The van der Waals surface area contributed by atoms with Gasteiger partial charge in [0.2, 0.25) is 0 Å². The van der Waals surface area contributed by atoms with E-state index < -0.39 is 12.0 Å². The van der Waals surface area contributed by atoms with Gasteiger partial charge in [0, 0.05) is 12.0 Å². The van der Waals surface area contributed by atoms with Crippen LogP contribution in [-0.2, 0) is 16.0 Å². The standard InChI is InChI=1S/C22H21NO3/c1-15-6-5-7-16(12-15)13-20(22(25)26-2)23-21(24)19-11-10-17-8-3-4-9-18(17)14-19/h3-12,14,20H,13H2,1-2H3,(H,23,24)/t20-/m0/s1. The molecule has 0 aromatic heterocycles. The number of esters is 1. The van der Waals surface area contributed by atoms with Crippen LogP contribution in [-0.4, -0.2) is 25.0 Å². The molecule has 3 aromatic carbocycles. The Morgan fingerprint density at radius 1 is 0.962 bits per heavy atom. The molecule has 1 amide bonds. The number of benzene rings is 3. The Morgan fingerprint density at radius 2 is 1.73 bits per heavy atom. The number of rotatable bonds is 5. The zero-order chi connectivity index (χ0) is 18.5. The summed E-state index contributed by atoms with van der Waals surface area (Å²) in [5.74, 6) is -0.751. The number of hydrogen-bond donors (Lipinski definition) is 1. The lowest BCUT2D eigenvalue weighted by molar-refractivity contribution is -0.142. The molecule has 4 heteroatoms. The molecule has 0 heterocycles. The highest BCUT2D eigenvalue weighted by atomic mass is 16.5. The second-order valence-electron chi connectivity index (χ2n) is 6.30. The van der Waals surface area contributed by atoms with Crippen molar-refractivity contribution in [2.75, 3.05) is 7.11 Å². The van der Waals surface area contributed by atoms with E-state index in [9.17, 15) is 9.59 Å². The average Bonchev–Trinajstić information content (AvgIpc) is 2.66. The van der Waals surface area contributed by atoms with Crippen LogP contribution in [0.5, 0.6) is 0 Å². The quantitative estimate of drug-likeness (QED) is 0.717. The summed E-state index contributed by atoms with van der Waals surface area (Å²) in [5, 5.41) is 4.85. The fraction of sp³-hybridized carbons (Fsp3) is 0.182. The molecule has 0 spiro atoms. The van der Waals surface area contributed by atoms with Crippen molar-refractivity contribution in [2.45, 2.75) is 19.4 Å². The molecular formula is C22H21NO3. The van der Waals surface area contributed by atoms with Gasteiger partial charge in [-0.1, -0.05) is 60.2 Å². The van der Waals surface area contributed by atoms with E-state index in [1.165, 1.54) is 7.11 Å². The predicted molar refractivity (Wildman–Crippen MR) is 102 cm³/mol. The van der Waals surface area contributed by atoms with Gasteiger partial charge in [-0.15, -0.1) is 0 Å². The molecule has 0 aliphatic rings. The number of amides is 1. The van der Waals surface area contributed by atoms with E-state index in [-0.39, 0.29) is 5.91 Å². The van der Waals surface area contributed by atoms with Gasteiger partial charge >= 0.3 is 5.97 Å². The van der Waals surface area contributed by atoms with Crippen molar-refractivity contribution < 1.29 is 14.3 Å². The van der Waals surface area contributed by atoms with Gasteiger partial charge in [0.15, 0.2) is 0 Å². The number of hydrogen-bond acceptors (Lipinski definition) is 3. The van der Waals surface area contributed by atoms with Crippen LogP contribution < -0.4 is 5.32 Å². The largest absolute Gasteiger partial charge is 0.467 e. The molecule has 4 nitrogen and oxygen atoms in total. The second-order valence-corrected chi connectivity index (χ2v) is 6.30. The Bertz CT molecular complexity index is 949. The molecule has 0 saturated heterocycles. The molecule has 0 aliphatic heterocycles. The maximum Gasteiger partial charge on any atom is 0.328 e. The topological polar surface area (TPSA) is 55.4 Å². The van der Waals surface area contributed by atoms with Crippen LogP contribution in [0.4, 0.5) is 0 Å². The summed E-state index contributed by atoms with van der Waals surface area (Å²) in [6, 6.07) is 20.4. The normalized spacial score (nSPS) is 11.8. The van der Waals surface area contributed by atoms with Crippen LogP contribution in [0, 0.1) is 6.92 Å². The molecule has 0 fully saturated rings. The number of methoxy groups -OCH3 is 1. The molecular weight excluding hydrogens is 326 g/mol. The summed E-state index contributed by atoms with van der Waals surface area (Å²) in [4.78, 5) is 24.8. The number of fused-ring (bicyclic) bond motifs is 1. The molecule has 26 heavy (non-hydrogen) atoms. The molecule has 3 rings (SSSR count). The lowest BCUT2D eigenvalue weighted by Crippen LogP contribution is -2.43. The van der Waals surface area contributed by atoms with Gasteiger partial charge in [0.05, 0.1) is 7.11 Å². The fourth-order valence-electron chi connectivity index (χ4n) is 2.98. The van der Waals surface area contributed by atoms with Crippen LogP contribution in [0.2, 0.25) is 0 Å². The molecule has 0 bridgehead atoms. The van der Waals surface area contributed by atoms with Crippen molar-refractivity contribution in [3.63, 3.8) is 0 Å². The predicted octanol–water partition coefficient (Wildman–Crippen LogP) is 3.66. The highest BCUT2D eigenvalue weighted by Gasteiger charge is 2.22. The molecule has 1 atom stereocenters. The molecule has 132 valence electrons. The van der Waals surface area contributed by atoms with E-state index in [1.54, 1.807) is 6.07 Å².